The molecule has 1 heteroatoms. The van der Waals surface area contributed by atoms with Crippen LogP contribution in [0.25, 0.3) is 98.8 Å². The van der Waals surface area contributed by atoms with Crippen molar-refractivity contribution in [2.75, 3.05) is 0 Å². The largest absolute Gasteiger partial charge is 0.456 e. The summed E-state index contributed by atoms with van der Waals surface area (Å²) >= 11 is 0. The van der Waals surface area contributed by atoms with Crippen LogP contribution in [0.5, 0.6) is 0 Å². The van der Waals surface area contributed by atoms with Crippen molar-refractivity contribution in [2.24, 2.45) is 0 Å². The first-order valence-corrected chi connectivity index (χ1v) is 16.8. The van der Waals surface area contributed by atoms with Crippen LogP contribution in [0.3, 0.4) is 0 Å². The lowest BCUT2D eigenvalue weighted by Crippen LogP contribution is -1.92. The topological polar surface area (TPSA) is 13.1 Å². The van der Waals surface area contributed by atoms with E-state index in [1.165, 1.54) is 76.8 Å². The molecule has 0 unspecified atom stereocenters. The van der Waals surface area contributed by atoms with Gasteiger partial charge in [0.15, 0.2) is 0 Å². The SMILES string of the molecule is c1ccc(-c2c3ccccc3c(-c3cccc(-c4cccc5ccccc45)c3)c3ccc(-c4cccc5oc6ccccc6c45)cc23)cc1. The molecule has 0 aliphatic heterocycles. The van der Waals surface area contributed by atoms with Crippen molar-refractivity contribution in [3.05, 3.63) is 182 Å². The lowest BCUT2D eigenvalue weighted by atomic mass is 9.84. The molecule has 0 fully saturated rings. The molecular weight excluding hydrogens is 593 g/mol. The smallest absolute Gasteiger partial charge is 0.136 e. The second kappa shape index (κ2) is 11.1. The highest BCUT2D eigenvalue weighted by Gasteiger charge is 2.19. The molecule has 0 spiro atoms. The van der Waals surface area contributed by atoms with E-state index in [1.54, 1.807) is 0 Å². The molecule has 1 aromatic heterocycles. The van der Waals surface area contributed by atoms with Gasteiger partial charge in [-0.3, -0.25) is 0 Å². The van der Waals surface area contributed by atoms with Gasteiger partial charge in [-0.1, -0.05) is 158 Å². The van der Waals surface area contributed by atoms with E-state index in [1.807, 2.05) is 6.07 Å². The maximum atomic E-state index is 6.30. The Kier molecular flexibility index (Phi) is 6.25. The first-order valence-electron chi connectivity index (χ1n) is 16.8. The summed E-state index contributed by atoms with van der Waals surface area (Å²) in [5.41, 5.74) is 11.6. The molecule has 1 nitrogen and oxygen atoms in total. The summed E-state index contributed by atoms with van der Waals surface area (Å²) in [4.78, 5) is 0. The van der Waals surface area contributed by atoms with Gasteiger partial charge in [0.05, 0.1) is 0 Å². The molecule has 10 aromatic rings. The normalized spacial score (nSPS) is 11.7. The van der Waals surface area contributed by atoms with Crippen molar-refractivity contribution in [1.29, 1.82) is 0 Å². The predicted molar refractivity (Wildman–Crippen MR) is 208 cm³/mol. The molecule has 9 aromatic carbocycles. The molecule has 0 atom stereocenters. The zero-order valence-electron chi connectivity index (χ0n) is 26.7. The molecule has 49 heavy (non-hydrogen) atoms. The van der Waals surface area contributed by atoms with E-state index in [4.69, 9.17) is 4.42 Å². The zero-order valence-corrected chi connectivity index (χ0v) is 26.7. The van der Waals surface area contributed by atoms with Crippen molar-refractivity contribution in [1.82, 2.24) is 0 Å². The van der Waals surface area contributed by atoms with Crippen LogP contribution in [0.2, 0.25) is 0 Å². The average molecular weight is 623 g/mol. The maximum absolute atomic E-state index is 6.30. The highest BCUT2D eigenvalue weighted by Crippen LogP contribution is 2.46. The second-order valence-corrected chi connectivity index (χ2v) is 12.8. The summed E-state index contributed by atoms with van der Waals surface area (Å²) in [5, 5.41) is 9.78. The molecule has 10 rings (SSSR count). The van der Waals surface area contributed by atoms with E-state index in [0.29, 0.717) is 0 Å². The molecule has 0 bridgehead atoms. The van der Waals surface area contributed by atoms with Gasteiger partial charge in [0.2, 0.25) is 0 Å². The van der Waals surface area contributed by atoms with E-state index in [9.17, 15) is 0 Å². The highest BCUT2D eigenvalue weighted by atomic mass is 16.3. The lowest BCUT2D eigenvalue weighted by Gasteiger charge is -2.19. The van der Waals surface area contributed by atoms with Crippen molar-refractivity contribution >= 4 is 54.3 Å². The number of fused-ring (bicyclic) bond motifs is 6. The lowest BCUT2D eigenvalue weighted by molar-refractivity contribution is 0.669. The summed E-state index contributed by atoms with van der Waals surface area (Å²) in [6.45, 7) is 0. The highest BCUT2D eigenvalue weighted by molar-refractivity contribution is 6.23. The standard InChI is InChI=1S/C48H30O/c1-2-14-32(15-3-1)46-39-20-6-7-21-40(39)47(35-18-10-17-33(29-35)37-23-11-16-31-13-4-5-19-36(31)37)41-28-27-34(30-43(41)46)38-24-12-26-45-48(38)42-22-8-9-25-44(42)49-45/h1-30H. The van der Waals surface area contributed by atoms with Gasteiger partial charge >= 0.3 is 0 Å². The fraction of sp³-hybridized carbons (Fsp3) is 0. The molecule has 0 radical (unpaired) electrons. The fourth-order valence-corrected chi connectivity index (χ4v) is 7.91. The van der Waals surface area contributed by atoms with E-state index < -0.39 is 0 Å². The summed E-state index contributed by atoms with van der Waals surface area (Å²) in [6, 6.07) is 65.8. The third-order valence-corrected chi connectivity index (χ3v) is 10.1. The van der Waals surface area contributed by atoms with Crippen LogP contribution in [0.4, 0.5) is 0 Å². The number of hydrogen-bond acceptors (Lipinski definition) is 1. The number of benzene rings is 9. The molecule has 0 saturated heterocycles. The summed E-state index contributed by atoms with van der Waals surface area (Å²) in [7, 11) is 0. The van der Waals surface area contributed by atoms with Crippen LogP contribution in [0, 0.1) is 0 Å². The zero-order chi connectivity index (χ0) is 32.3. The minimum atomic E-state index is 0.909. The van der Waals surface area contributed by atoms with Crippen LogP contribution < -0.4 is 0 Å². The Bertz CT molecular complexity index is 2870. The Morgan fingerprint density at radius 1 is 0.286 bits per heavy atom. The summed E-state index contributed by atoms with van der Waals surface area (Å²) < 4.78 is 6.30. The van der Waals surface area contributed by atoms with E-state index in [2.05, 4.69) is 176 Å². The van der Waals surface area contributed by atoms with Gasteiger partial charge in [-0.2, -0.15) is 0 Å². The predicted octanol–water partition coefficient (Wildman–Crippen LogP) is 13.7. The number of para-hydroxylation sites is 1. The Hall–Kier alpha value is -6.44. The minimum Gasteiger partial charge on any atom is -0.456 e. The van der Waals surface area contributed by atoms with E-state index in [0.717, 1.165) is 21.9 Å². The molecule has 0 saturated carbocycles. The minimum absolute atomic E-state index is 0.909. The second-order valence-electron chi connectivity index (χ2n) is 12.8. The fourth-order valence-electron chi connectivity index (χ4n) is 7.91. The van der Waals surface area contributed by atoms with Gasteiger partial charge in [-0.25, -0.2) is 0 Å². The van der Waals surface area contributed by atoms with Gasteiger partial charge in [-0.05, 0) is 101 Å². The first kappa shape index (κ1) is 27.7. The Morgan fingerprint density at radius 2 is 0.837 bits per heavy atom. The van der Waals surface area contributed by atoms with Gasteiger partial charge in [-0.15, -0.1) is 0 Å². The molecule has 0 aliphatic rings. The Balaban J connectivity index is 1.28. The van der Waals surface area contributed by atoms with Gasteiger partial charge < -0.3 is 4.42 Å². The quantitative estimate of drug-likeness (QED) is 0.178. The average Bonchev–Trinajstić information content (AvgIpc) is 3.56. The Morgan fingerprint density at radius 3 is 1.69 bits per heavy atom. The Labute approximate surface area is 284 Å². The van der Waals surface area contributed by atoms with Crippen molar-refractivity contribution < 1.29 is 4.42 Å². The first-order chi connectivity index (χ1) is 24.3. The van der Waals surface area contributed by atoms with Crippen LogP contribution in [-0.2, 0) is 0 Å². The number of hydrogen-bond donors (Lipinski definition) is 0. The third kappa shape index (κ3) is 4.40. The maximum Gasteiger partial charge on any atom is 0.136 e. The molecule has 1 heterocycles. The van der Waals surface area contributed by atoms with Gasteiger partial charge in [0.1, 0.15) is 11.2 Å². The number of rotatable bonds is 4. The van der Waals surface area contributed by atoms with Crippen LogP contribution in [0.1, 0.15) is 0 Å². The molecular formula is C48H30O. The third-order valence-electron chi connectivity index (χ3n) is 10.1. The summed E-state index contributed by atoms with van der Waals surface area (Å²) in [5.74, 6) is 0. The van der Waals surface area contributed by atoms with Crippen molar-refractivity contribution in [2.45, 2.75) is 0 Å². The molecule has 0 aliphatic carbocycles. The molecule has 0 N–H and O–H groups in total. The van der Waals surface area contributed by atoms with E-state index in [-0.39, 0.29) is 0 Å². The van der Waals surface area contributed by atoms with Gasteiger partial charge in [0.25, 0.3) is 0 Å². The molecule has 0 amide bonds. The van der Waals surface area contributed by atoms with Crippen LogP contribution in [-0.4, -0.2) is 0 Å². The molecule has 228 valence electrons. The van der Waals surface area contributed by atoms with Crippen molar-refractivity contribution in [3.8, 4) is 44.5 Å². The van der Waals surface area contributed by atoms with Gasteiger partial charge in [0, 0.05) is 10.8 Å². The monoisotopic (exact) mass is 622 g/mol. The van der Waals surface area contributed by atoms with E-state index >= 15 is 0 Å². The number of furan rings is 1. The summed E-state index contributed by atoms with van der Waals surface area (Å²) in [6.07, 6.45) is 0. The van der Waals surface area contributed by atoms with Crippen LogP contribution in [0.15, 0.2) is 186 Å². The van der Waals surface area contributed by atoms with Crippen molar-refractivity contribution in [3.63, 3.8) is 0 Å². The van der Waals surface area contributed by atoms with Crippen LogP contribution >= 0.6 is 0 Å².